The van der Waals surface area contributed by atoms with Gasteiger partial charge in [0.05, 0.1) is 24.9 Å². The number of quaternary nitrogens is 1. The summed E-state index contributed by atoms with van der Waals surface area (Å²) in [6, 6.07) is 7.81. The molecule has 1 aliphatic heterocycles. The molecule has 0 unspecified atom stereocenters. The van der Waals surface area contributed by atoms with Gasteiger partial charge in [0.1, 0.15) is 5.37 Å². The molecule has 0 saturated carbocycles. The molecule has 1 amide bonds. The third-order valence-corrected chi connectivity index (χ3v) is 5.00. The van der Waals surface area contributed by atoms with Gasteiger partial charge >= 0.3 is 0 Å². The predicted molar refractivity (Wildman–Crippen MR) is 80.3 cm³/mol. The summed E-state index contributed by atoms with van der Waals surface area (Å²) in [7, 11) is 0. The highest BCUT2D eigenvalue weighted by molar-refractivity contribution is 8.01. The van der Waals surface area contributed by atoms with Gasteiger partial charge in [0, 0.05) is 10.6 Å². The van der Waals surface area contributed by atoms with Crippen molar-refractivity contribution in [3.63, 3.8) is 0 Å². The average Bonchev–Trinajstić information content (AvgIpc) is 2.68. The molecule has 0 radical (unpaired) electrons. The fraction of sp³-hybridized carbons (Fsp3) is 0.500. The first kappa shape index (κ1) is 14.7. The summed E-state index contributed by atoms with van der Waals surface area (Å²) in [5, 5.41) is 3.03. The van der Waals surface area contributed by atoms with Crippen LogP contribution in [-0.2, 0) is 4.79 Å². The van der Waals surface area contributed by atoms with Crippen LogP contribution in [0.25, 0.3) is 0 Å². The van der Waals surface area contributed by atoms with Gasteiger partial charge in [-0.15, -0.1) is 11.8 Å². The van der Waals surface area contributed by atoms with Crippen molar-refractivity contribution in [3.05, 3.63) is 34.9 Å². The molecular weight excluding hydrogens is 280 g/mol. The largest absolute Gasteiger partial charge is 0.345 e. The fourth-order valence-electron chi connectivity index (χ4n) is 2.25. The van der Waals surface area contributed by atoms with Crippen LogP contribution in [0.3, 0.4) is 0 Å². The van der Waals surface area contributed by atoms with Gasteiger partial charge < -0.3 is 10.2 Å². The first-order valence-electron chi connectivity index (χ1n) is 6.67. The molecule has 5 heteroatoms. The second-order valence-electron chi connectivity index (χ2n) is 4.67. The van der Waals surface area contributed by atoms with Crippen molar-refractivity contribution in [1.82, 2.24) is 4.90 Å². The van der Waals surface area contributed by atoms with Crippen LogP contribution in [-0.4, -0.2) is 35.7 Å². The van der Waals surface area contributed by atoms with Crippen molar-refractivity contribution in [2.24, 2.45) is 0 Å². The van der Waals surface area contributed by atoms with E-state index in [1.807, 2.05) is 36.1 Å². The lowest BCUT2D eigenvalue weighted by molar-refractivity contribution is -0.651. The number of hydrogen-bond acceptors (Lipinski definition) is 2. The highest BCUT2D eigenvalue weighted by atomic mass is 35.5. The quantitative estimate of drug-likeness (QED) is 0.843. The lowest BCUT2D eigenvalue weighted by Gasteiger charge is -2.24. The first-order chi connectivity index (χ1) is 9.15. The smallest absolute Gasteiger partial charge is 0.236 e. The Labute approximate surface area is 123 Å². The van der Waals surface area contributed by atoms with Gasteiger partial charge in [0.2, 0.25) is 5.91 Å². The summed E-state index contributed by atoms with van der Waals surface area (Å²) in [6.07, 6.45) is 0. The Kier molecular flexibility index (Phi) is 5.13. The number of carbonyl (C=O) groups is 1. The van der Waals surface area contributed by atoms with E-state index < -0.39 is 0 Å². The summed E-state index contributed by atoms with van der Waals surface area (Å²) in [4.78, 5) is 14.2. The molecule has 0 spiro atoms. The lowest BCUT2D eigenvalue weighted by atomic mass is 10.2. The SMILES string of the molecule is CC[NH2+]CCN1C(=O)[C@@H](C)S[C@H]1c1ccccc1Cl. The van der Waals surface area contributed by atoms with Gasteiger partial charge in [0.25, 0.3) is 0 Å². The first-order valence-corrected chi connectivity index (χ1v) is 7.99. The summed E-state index contributed by atoms with van der Waals surface area (Å²) in [5.41, 5.74) is 1.04. The van der Waals surface area contributed by atoms with Crippen LogP contribution in [0.2, 0.25) is 5.02 Å². The third-order valence-electron chi connectivity index (χ3n) is 3.28. The molecule has 104 valence electrons. The van der Waals surface area contributed by atoms with Gasteiger partial charge in [-0.25, -0.2) is 0 Å². The number of nitrogens with zero attached hydrogens (tertiary/aromatic N) is 1. The summed E-state index contributed by atoms with van der Waals surface area (Å²) >= 11 is 7.95. The maximum absolute atomic E-state index is 12.2. The average molecular weight is 300 g/mol. The number of amides is 1. The fourth-order valence-corrected chi connectivity index (χ4v) is 3.90. The molecule has 2 rings (SSSR count). The van der Waals surface area contributed by atoms with Crippen LogP contribution in [0.5, 0.6) is 0 Å². The molecule has 1 aromatic rings. The Morgan fingerprint density at radius 3 is 2.84 bits per heavy atom. The zero-order chi connectivity index (χ0) is 13.8. The summed E-state index contributed by atoms with van der Waals surface area (Å²) < 4.78 is 0. The molecule has 0 aliphatic carbocycles. The molecule has 2 N–H and O–H groups in total. The molecule has 1 aromatic carbocycles. The Balaban J connectivity index is 2.17. The number of rotatable bonds is 5. The lowest BCUT2D eigenvalue weighted by Crippen LogP contribution is -2.85. The number of likely N-dealkylation sites (N-methyl/N-ethyl adjacent to an activating group) is 1. The van der Waals surface area contributed by atoms with Gasteiger partial charge in [-0.1, -0.05) is 29.8 Å². The minimum Gasteiger partial charge on any atom is -0.345 e. The maximum Gasteiger partial charge on any atom is 0.236 e. The van der Waals surface area contributed by atoms with Gasteiger partial charge in [-0.2, -0.15) is 0 Å². The van der Waals surface area contributed by atoms with E-state index in [1.165, 1.54) is 0 Å². The number of nitrogens with two attached hydrogens (primary N) is 1. The molecule has 1 aliphatic rings. The van der Waals surface area contributed by atoms with Gasteiger partial charge in [0.15, 0.2) is 0 Å². The number of carbonyl (C=O) groups excluding carboxylic acids is 1. The standard InChI is InChI=1S/C14H19ClN2OS/c1-3-16-8-9-17-13(18)10(2)19-14(17)11-6-4-5-7-12(11)15/h4-7,10,14,16H,3,8-9H2,1-2H3/p+1/t10-,14+/m1/s1. The molecular formula is C14H20ClN2OS+. The van der Waals surface area contributed by atoms with Crippen molar-refractivity contribution in [2.75, 3.05) is 19.6 Å². The zero-order valence-electron chi connectivity index (χ0n) is 11.3. The minimum atomic E-state index is 0.0166. The van der Waals surface area contributed by atoms with E-state index in [0.717, 1.165) is 30.2 Å². The van der Waals surface area contributed by atoms with E-state index >= 15 is 0 Å². The second kappa shape index (κ2) is 6.64. The van der Waals surface area contributed by atoms with Crippen LogP contribution in [0, 0.1) is 0 Å². The van der Waals surface area contributed by atoms with Crippen LogP contribution < -0.4 is 5.32 Å². The van der Waals surface area contributed by atoms with Crippen LogP contribution >= 0.6 is 23.4 Å². The van der Waals surface area contributed by atoms with Crippen molar-refractivity contribution in [1.29, 1.82) is 0 Å². The number of halogens is 1. The molecule has 3 nitrogen and oxygen atoms in total. The highest BCUT2D eigenvalue weighted by Gasteiger charge is 2.39. The molecule has 1 heterocycles. The highest BCUT2D eigenvalue weighted by Crippen LogP contribution is 2.44. The Morgan fingerprint density at radius 2 is 2.16 bits per heavy atom. The summed E-state index contributed by atoms with van der Waals surface area (Å²) in [5.74, 6) is 0.222. The molecule has 1 saturated heterocycles. The van der Waals surface area contributed by atoms with Crippen LogP contribution in [0.4, 0.5) is 0 Å². The predicted octanol–water partition coefficient (Wildman–Crippen LogP) is 1.89. The van der Waals surface area contributed by atoms with E-state index in [-0.39, 0.29) is 16.5 Å². The van der Waals surface area contributed by atoms with E-state index in [9.17, 15) is 4.79 Å². The van der Waals surface area contributed by atoms with Crippen molar-refractivity contribution < 1.29 is 10.1 Å². The van der Waals surface area contributed by atoms with Gasteiger partial charge in [-0.05, 0) is 19.9 Å². The minimum absolute atomic E-state index is 0.0166. The normalized spacial score (nSPS) is 23.1. The van der Waals surface area contributed by atoms with Crippen LogP contribution in [0.15, 0.2) is 24.3 Å². The number of hydrogen-bond donors (Lipinski definition) is 1. The molecule has 0 aromatic heterocycles. The van der Waals surface area contributed by atoms with E-state index in [1.54, 1.807) is 11.8 Å². The van der Waals surface area contributed by atoms with E-state index in [4.69, 9.17) is 11.6 Å². The Bertz CT molecular complexity index is 455. The van der Waals surface area contributed by atoms with Crippen LogP contribution in [0.1, 0.15) is 24.8 Å². The van der Waals surface area contributed by atoms with Crippen molar-refractivity contribution >= 4 is 29.3 Å². The third kappa shape index (κ3) is 3.25. The topological polar surface area (TPSA) is 36.9 Å². The number of thioether (sulfide) groups is 1. The van der Waals surface area contributed by atoms with Crippen molar-refractivity contribution in [3.8, 4) is 0 Å². The summed E-state index contributed by atoms with van der Waals surface area (Å²) in [6.45, 7) is 6.85. The monoisotopic (exact) mass is 299 g/mol. The number of benzene rings is 1. The molecule has 2 atom stereocenters. The van der Waals surface area contributed by atoms with Crippen molar-refractivity contribution in [2.45, 2.75) is 24.5 Å². The molecule has 1 fully saturated rings. The van der Waals surface area contributed by atoms with E-state index in [2.05, 4.69) is 12.2 Å². The Morgan fingerprint density at radius 1 is 1.42 bits per heavy atom. The van der Waals surface area contributed by atoms with E-state index in [0.29, 0.717) is 0 Å². The molecule has 19 heavy (non-hydrogen) atoms. The van der Waals surface area contributed by atoms with Gasteiger partial charge in [-0.3, -0.25) is 4.79 Å². The molecule has 0 bridgehead atoms. The zero-order valence-corrected chi connectivity index (χ0v) is 12.9. The second-order valence-corrected chi connectivity index (χ2v) is 6.50. The Hall–Kier alpha value is -0.710. The maximum atomic E-state index is 12.2.